The van der Waals surface area contributed by atoms with E-state index < -0.39 is 0 Å². The molecule has 0 spiro atoms. The highest BCUT2D eigenvalue weighted by molar-refractivity contribution is 4.84. The van der Waals surface area contributed by atoms with Crippen molar-refractivity contribution in [3.8, 4) is 0 Å². The van der Waals surface area contributed by atoms with Crippen molar-refractivity contribution in [2.75, 3.05) is 20.1 Å². The molecular weight excluding hydrogens is 691 g/mol. The van der Waals surface area contributed by atoms with E-state index in [-0.39, 0.29) is 0 Å². The van der Waals surface area contributed by atoms with Gasteiger partial charge < -0.3 is 10.7 Å². The first-order chi connectivity index (χ1) is 27.7. The van der Waals surface area contributed by atoms with Crippen LogP contribution in [0.5, 0.6) is 0 Å². The van der Waals surface area contributed by atoms with Gasteiger partial charge in [-0.3, -0.25) is 0 Å². The number of hydrogen-bond donors (Lipinski definition) is 2. The molecule has 0 aliphatic heterocycles. The Kier molecular flexibility index (Phi) is 62.8. The molecule has 3 nitrogen and oxygen atoms in total. The summed E-state index contributed by atoms with van der Waals surface area (Å²) in [5, 5.41) is 5.46. The Morgan fingerprint density at radius 2 is 0.754 bits per heavy atom. The van der Waals surface area contributed by atoms with Gasteiger partial charge in [0.1, 0.15) is 5.82 Å². The van der Waals surface area contributed by atoms with Crippen LogP contribution >= 0.6 is 0 Å². The van der Waals surface area contributed by atoms with Crippen LogP contribution in [0.15, 0.2) is 25.1 Å². The van der Waals surface area contributed by atoms with E-state index in [1.54, 1.807) is 0 Å². The maximum Gasteiger partial charge on any atom is 0.106 e. The maximum absolute atomic E-state index is 4.02. The molecule has 1 unspecified atom stereocenters. The zero-order chi connectivity index (χ0) is 43.5. The molecule has 0 rings (SSSR count). The fraction of sp³-hybridized carbons (Fsp3) is 0.926. The lowest BCUT2D eigenvalue weighted by atomic mass is 9.96. The number of allylic oxidation sites excluding steroid dienone is 1. The summed E-state index contributed by atoms with van der Waals surface area (Å²) < 4.78 is 0. The Hall–Kier alpha value is -0.960. The normalized spacial score (nSPS) is 11.3. The summed E-state index contributed by atoms with van der Waals surface area (Å²) in [7, 11) is 1.92. The average Bonchev–Trinajstić information content (AvgIpc) is 3.21. The van der Waals surface area contributed by atoms with Gasteiger partial charge in [-0.15, -0.1) is 6.58 Å². The van der Waals surface area contributed by atoms with Crippen LogP contribution in [0.25, 0.3) is 0 Å². The van der Waals surface area contributed by atoms with Crippen molar-refractivity contribution < 1.29 is 0 Å². The van der Waals surface area contributed by atoms with Crippen LogP contribution in [0.1, 0.15) is 288 Å². The summed E-state index contributed by atoms with van der Waals surface area (Å²) >= 11 is 0. The number of unbranched alkanes of at least 4 members (excludes halogenated alkanes) is 25. The van der Waals surface area contributed by atoms with Gasteiger partial charge in [-0.05, 0) is 37.0 Å². The third-order valence-corrected chi connectivity index (χ3v) is 11.4. The summed E-state index contributed by atoms with van der Waals surface area (Å²) in [6.45, 7) is 32.6. The van der Waals surface area contributed by atoms with Gasteiger partial charge in [0.05, 0.1) is 0 Å². The van der Waals surface area contributed by atoms with Crippen molar-refractivity contribution in [2.45, 2.75) is 288 Å². The molecule has 0 saturated carbocycles. The first-order valence-electron chi connectivity index (χ1n) is 26.2. The molecule has 3 heteroatoms. The molecule has 57 heavy (non-hydrogen) atoms. The van der Waals surface area contributed by atoms with E-state index in [4.69, 9.17) is 0 Å². The number of rotatable bonds is 41. The summed E-state index contributed by atoms with van der Waals surface area (Å²) in [4.78, 5) is 0. The van der Waals surface area contributed by atoms with Gasteiger partial charge in [-0.25, -0.2) is 5.01 Å². The number of hydrazine groups is 1. The highest BCUT2D eigenvalue weighted by atomic mass is 15.5. The molecule has 0 amide bonds. The fourth-order valence-corrected chi connectivity index (χ4v) is 7.17. The van der Waals surface area contributed by atoms with Crippen LogP contribution < -0.4 is 10.7 Å². The van der Waals surface area contributed by atoms with Crippen molar-refractivity contribution in [1.29, 1.82) is 0 Å². The lowest BCUT2D eigenvalue weighted by molar-refractivity contribution is 0.197. The molecule has 0 aromatic heterocycles. The van der Waals surface area contributed by atoms with Gasteiger partial charge in [0.2, 0.25) is 0 Å². The van der Waals surface area contributed by atoms with Crippen LogP contribution in [0.3, 0.4) is 0 Å². The molecule has 0 fully saturated rings. The summed E-state index contributed by atoms with van der Waals surface area (Å²) in [5.41, 5.74) is 3.42. The van der Waals surface area contributed by atoms with Crippen molar-refractivity contribution in [3.05, 3.63) is 25.1 Å². The highest BCUT2D eigenvalue weighted by Crippen LogP contribution is 2.19. The molecule has 0 radical (unpaired) electrons. The quantitative estimate of drug-likeness (QED) is 0.0366. The number of nitrogens with zero attached hydrogens (tertiary/aromatic N) is 1. The van der Waals surface area contributed by atoms with Gasteiger partial charge >= 0.3 is 0 Å². The van der Waals surface area contributed by atoms with Crippen LogP contribution in [-0.2, 0) is 0 Å². The minimum Gasteiger partial charge on any atom is -0.374 e. The van der Waals surface area contributed by atoms with E-state index in [1.807, 2.05) is 20.9 Å². The Labute approximate surface area is 365 Å². The molecule has 2 N–H and O–H groups in total. The van der Waals surface area contributed by atoms with E-state index in [2.05, 4.69) is 90.4 Å². The van der Waals surface area contributed by atoms with Crippen LogP contribution in [0, 0.1) is 17.8 Å². The first kappa shape index (κ1) is 62.7. The van der Waals surface area contributed by atoms with Crippen LogP contribution in [0.4, 0.5) is 0 Å². The Morgan fingerprint density at radius 1 is 0.456 bits per heavy atom. The molecule has 346 valence electrons. The summed E-state index contributed by atoms with van der Waals surface area (Å²) in [5.74, 6) is 3.39. The molecule has 1 atom stereocenters. The Bertz CT molecular complexity index is 679. The molecule has 0 aliphatic rings. The SMILES string of the molecule is C=CC(C)CCCCCCCN(CCCCCCCC(C)C)NC(=C)NC.CC.CCCCCCCCC(C)CCCCCCCC.CCCCCCCCCC. The molecule has 0 bridgehead atoms. The van der Waals surface area contributed by atoms with E-state index in [1.165, 1.54) is 218 Å². The zero-order valence-corrected chi connectivity index (χ0v) is 42.1. The summed E-state index contributed by atoms with van der Waals surface area (Å²) in [6.07, 6.45) is 49.9. The predicted octanol–water partition coefficient (Wildman–Crippen LogP) is 18.9. The minimum absolute atomic E-state index is 0.669. The topological polar surface area (TPSA) is 27.3 Å². The maximum atomic E-state index is 4.02. The molecular formula is C54H115N3. The van der Waals surface area contributed by atoms with E-state index in [0.29, 0.717) is 5.92 Å². The summed E-state index contributed by atoms with van der Waals surface area (Å²) in [6, 6.07) is 0. The average molecular weight is 807 g/mol. The van der Waals surface area contributed by atoms with Gasteiger partial charge in [0.25, 0.3) is 0 Å². The van der Waals surface area contributed by atoms with E-state index in [9.17, 15) is 0 Å². The Balaban J connectivity index is -0.000000401. The third-order valence-electron chi connectivity index (χ3n) is 11.4. The number of hydrogen-bond acceptors (Lipinski definition) is 3. The molecule has 0 aliphatic carbocycles. The lowest BCUT2D eigenvalue weighted by Gasteiger charge is -2.25. The number of nitrogens with one attached hydrogen (secondary N) is 2. The standard InChI is InChI=1S/C24H49N3.C18H38.C10H22.C2H6/c1-7-23(4)19-15-11-9-13-17-21-27(26-24(5)25-6)20-16-12-8-10-14-18-22(2)3;1-4-6-8-10-12-14-16-18(3)17-15-13-11-9-7-5-2;1-3-5-7-9-10-8-6-4-2;1-2/h7,22-23,25-26H,1,5,8-21H2,2-4,6H3;18H,4-17H2,1-3H3;3-10H2,1-2H3;1-2H3. The zero-order valence-electron chi connectivity index (χ0n) is 42.1. The molecule has 0 aromatic carbocycles. The second-order valence-electron chi connectivity index (χ2n) is 17.9. The minimum atomic E-state index is 0.669. The van der Waals surface area contributed by atoms with Gasteiger partial charge in [0.15, 0.2) is 0 Å². The molecule has 0 aromatic rings. The molecule has 0 saturated heterocycles. The second kappa shape index (κ2) is 57.1. The van der Waals surface area contributed by atoms with Gasteiger partial charge in [0, 0.05) is 20.1 Å². The smallest absolute Gasteiger partial charge is 0.106 e. The first-order valence-corrected chi connectivity index (χ1v) is 26.2. The van der Waals surface area contributed by atoms with Crippen LogP contribution in [-0.4, -0.2) is 25.1 Å². The van der Waals surface area contributed by atoms with Crippen molar-refractivity contribution >= 4 is 0 Å². The van der Waals surface area contributed by atoms with Crippen molar-refractivity contribution in [3.63, 3.8) is 0 Å². The monoisotopic (exact) mass is 806 g/mol. The Morgan fingerprint density at radius 3 is 1.07 bits per heavy atom. The van der Waals surface area contributed by atoms with Crippen molar-refractivity contribution in [1.82, 2.24) is 15.8 Å². The lowest BCUT2D eigenvalue weighted by Crippen LogP contribution is -2.41. The van der Waals surface area contributed by atoms with Crippen molar-refractivity contribution in [2.24, 2.45) is 17.8 Å². The van der Waals surface area contributed by atoms with Gasteiger partial charge in [-0.2, -0.15) is 0 Å². The highest BCUT2D eigenvalue weighted by Gasteiger charge is 2.06. The van der Waals surface area contributed by atoms with E-state index >= 15 is 0 Å². The second-order valence-corrected chi connectivity index (χ2v) is 17.9. The molecule has 0 heterocycles. The largest absolute Gasteiger partial charge is 0.374 e. The predicted molar refractivity (Wildman–Crippen MR) is 267 cm³/mol. The third kappa shape index (κ3) is 61.8. The van der Waals surface area contributed by atoms with E-state index in [0.717, 1.165) is 30.7 Å². The van der Waals surface area contributed by atoms with Gasteiger partial charge in [-0.1, -0.05) is 281 Å². The fourth-order valence-electron chi connectivity index (χ4n) is 7.17. The van der Waals surface area contributed by atoms with Crippen LogP contribution in [0.2, 0.25) is 0 Å².